The molecule has 8 heteroatoms. The lowest BCUT2D eigenvalue weighted by Gasteiger charge is -2.25. The summed E-state index contributed by atoms with van der Waals surface area (Å²) < 4.78 is 10.9. The topological polar surface area (TPSA) is 114 Å². The predicted molar refractivity (Wildman–Crippen MR) is 130 cm³/mol. The Morgan fingerprint density at radius 3 is 2.26 bits per heavy atom. The van der Waals surface area contributed by atoms with Crippen molar-refractivity contribution in [1.29, 1.82) is 0 Å². The Balaban J connectivity index is 1.37. The van der Waals surface area contributed by atoms with Crippen LogP contribution >= 0.6 is 0 Å². The molecule has 2 amide bonds. The fraction of sp³-hybridized carbons (Fsp3) is 0.444. The minimum Gasteiger partial charge on any atom is -0.481 e. The number of amides is 2. The number of rotatable bonds is 9. The van der Waals surface area contributed by atoms with E-state index in [1.165, 1.54) is 7.11 Å². The normalized spacial score (nSPS) is 20.4. The second-order valence-electron chi connectivity index (χ2n) is 9.27. The van der Waals surface area contributed by atoms with Gasteiger partial charge in [0.2, 0.25) is 5.91 Å². The first-order valence-corrected chi connectivity index (χ1v) is 12.1. The second kappa shape index (κ2) is 10.9. The molecule has 8 nitrogen and oxygen atoms in total. The third kappa shape index (κ3) is 5.32. The number of ether oxygens (including phenoxy) is 2. The number of fused-ring (bicyclic) bond motifs is 3. The number of carbonyl (C=O) groups excluding carboxylic acids is 2. The van der Waals surface area contributed by atoms with Crippen LogP contribution in [0.3, 0.4) is 0 Å². The van der Waals surface area contributed by atoms with Gasteiger partial charge in [-0.3, -0.25) is 9.59 Å². The molecular weight excluding hydrogens is 448 g/mol. The molecule has 3 N–H and O–H groups in total. The van der Waals surface area contributed by atoms with Gasteiger partial charge in [0.1, 0.15) is 12.6 Å². The smallest absolute Gasteiger partial charge is 0.407 e. The van der Waals surface area contributed by atoms with Crippen molar-refractivity contribution in [3.8, 4) is 11.1 Å². The highest BCUT2D eigenvalue weighted by atomic mass is 16.5. The maximum absolute atomic E-state index is 12.9. The van der Waals surface area contributed by atoms with Gasteiger partial charge in [0.25, 0.3) is 0 Å². The van der Waals surface area contributed by atoms with Gasteiger partial charge in [-0.05, 0) is 47.9 Å². The van der Waals surface area contributed by atoms with Gasteiger partial charge in [-0.15, -0.1) is 0 Å². The number of carboxylic acid groups (broad SMARTS) is 1. The van der Waals surface area contributed by atoms with Crippen molar-refractivity contribution in [2.45, 2.75) is 44.2 Å². The molecule has 2 aliphatic carbocycles. The summed E-state index contributed by atoms with van der Waals surface area (Å²) in [6.07, 6.45) is 0.885. The van der Waals surface area contributed by atoms with Gasteiger partial charge in [0.15, 0.2) is 0 Å². The summed E-state index contributed by atoms with van der Waals surface area (Å²) in [5, 5.41) is 14.8. The van der Waals surface area contributed by atoms with E-state index in [4.69, 9.17) is 9.47 Å². The lowest BCUT2D eigenvalue weighted by molar-refractivity contribution is -0.143. The van der Waals surface area contributed by atoms with Crippen molar-refractivity contribution in [3.05, 3.63) is 59.7 Å². The molecule has 0 spiro atoms. The minimum atomic E-state index is -0.972. The first kappa shape index (κ1) is 24.7. The number of nitrogens with one attached hydrogen (secondary N) is 2. The van der Waals surface area contributed by atoms with E-state index in [0.717, 1.165) is 35.1 Å². The first-order chi connectivity index (χ1) is 16.9. The fourth-order valence-electron chi connectivity index (χ4n) is 5.25. The van der Waals surface area contributed by atoms with Crippen molar-refractivity contribution in [2.24, 2.45) is 11.8 Å². The molecule has 0 radical (unpaired) electrons. The third-order valence-electron chi connectivity index (χ3n) is 7.26. The van der Waals surface area contributed by atoms with Crippen molar-refractivity contribution in [2.75, 3.05) is 20.3 Å². The number of aliphatic carboxylic acids is 1. The molecule has 4 rings (SSSR count). The summed E-state index contributed by atoms with van der Waals surface area (Å²) in [6.45, 7) is 2.07. The van der Waals surface area contributed by atoms with Crippen LogP contribution in [0.25, 0.3) is 11.1 Å². The Kier molecular flexibility index (Phi) is 7.70. The van der Waals surface area contributed by atoms with E-state index in [-0.39, 0.29) is 25.0 Å². The molecule has 2 aliphatic rings. The third-order valence-corrected chi connectivity index (χ3v) is 7.26. The average molecular weight is 481 g/mol. The van der Waals surface area contributed by atoms with Gasteiger partial charge in [-0.25, -0.2) is 4.79 Å². The maximum atomic E-state index is 12.9. The van der Waals surface area contributed by atoms with E-state index in [0.29, 0.717) is 6.42 Å². The minimum absolute atomic E-state index is 0.0874. The Labute approximate surface area is 205 Å². The quantitative estimate of drug-likeness (QED) is 0.506. The maximum Gasteiger partial charge on any atom is 0.407 e. The zero-order chi connectivity index (χ0) is 24.9. The molecule has 186 valence electrons. The fourth-order valence-corrected chi connectivity index (χ4v) is 5.25. The molecule has 35 heavy (non-hydrogen) atoms. The van der Waals surface area contributed by atoms with E-state index >= 15 is 0 Å². The van der Waals surface area contributed by atoms with Crippen LogP contribution in [0.5, 0.6) is 0 Å². The van der Waals surface area contributed by atoms with E-state index in [2.05, 4.69) is 22.8 Å². The van der Waals surface area contributed by atoms with E-state index in [1.807, 2.05) is 36.4 Å². The van der Waals surface area contributed by atoms with Crippen molar-refractivity contribution in [3.63, 3.8) is 0 Å². The van der Waals surface area contributed by atoms with Gasteiger partial charge in [-0.1, -0.05) is 55.0 Å². The van der Waals surface area contributed by atoms with Crippen LogP contribution in [0.1, 0.15) is 43.2 Å². The van der Waals surface area contributed by atoms with E-state index < -0.39 is 36.0 Å². The van der Waals surface area contributed by atoms with Crippen molar-refractivity contribution >= 4 is 18.0 Å². The lowest BCUT2D eigenvalue weighted by atomic mass is 9.96. The molecule has 0 bridgehead atoms. The molecule has 0 saturated heterocycles. The summed E-state index contributed by atoms with van der Waals surface area (Å²) >= 11 is 0. The van der Waals surface area contributed by atoms with E-state index in [1.54, 1.807) is 6.92 Å². The molecule has 0 aliphatic heterocycles. The van der Waals surface area contributed by atoms with Crippen LogP contribution in [-0.2, 0) is 19.1 Å². The molecule has 0 heterocycles. The summed E-state index contributed by atoms with van der Waals surface area (Å²) in [5.74, 6) is -1.92. The molecule has 2 aromatic rings. The number of alkyl carbamates (subject to hydrolysis) is 1. The number of carbonyl (C=O) groups is 3. The Bertz CT molecular complexity index is 1040. The van der Waals surface area contributed by atoms with Crippen molar-refractivity contribution < 1.29 is 29.0 Å². The molecule has 1 saturated carbocycles. The number of carboxylic acids is 1. The highest BCUT2D eigenvalue weighted by molar-refractivity contribution is 5.86. The van der Waals surface area contributed by atoms with Crippen LogP contribution in [0.4, 0.5) is 4.79 Å². The molecule has 2 aromatic carbocycles. The predicted octanol–water partition coefficient (Wildman–Crippen LogP) is 3.55. The van der Waals surface area contributed by atoms with Gasteiger partial charge >= 0.3 is 12.1 Å². The number of hydrogen-bond donors (Lipinski definition) is 3. The van der Waals surface area contributed by atoms with Crippen LogP contribution < -0.4 is 10.6 Å². The van der Waals surface area contributed by atoms with Crippen LogP contribution in [0, 0.1) is 11.8 Å². The van der Waals surface area contributed by atoms with Gasteiger partial charge in [-0.2, -0.15) is 0 Å². The molecular formula is C27H32N2O6. The summed E-state index contributed by atoms with van der Waals surface area (Å²) in [7, 11) is 1.46. The molecule has 0 aromatic heterocycles. The van der Waals surface area contributed by atoms with Crippen LogP contribution in [0.15, 0.2) is 48.5 Å². The van der Waals surface area contributed by atoms with Crippen LogP contribution in [0.2, 0.25) is 0 Å². The van der Waals surface area contributed by atoms with Gasteiger partial charge in [0.05, 0.1) is 12.0 Å². The first-order valence-electron chi connectivity index (χ1n) is 12.1. The number of hydrogen-bond acceptors (Lipinski definition) is 5. The zero-order valence-corrected chi connectivity index (χ0v) is 20.0. The Hall–Kier alpha value is -3.39. The Morgan fingerprint density at radius 2 is 1.66 bits per heavy atom. The monoisotopic (exact) mass is 480 g/mol. The summed E-state index contributed by atoms with van der Waals surface area (Å²) in [6, 6.07) is 15.2. The SMILES string of the molecule is COC(C)C(NC(=O)OCC1c2ccccc2-c2ccccc21)C(=O)NC[C@@H]1CCC[C@@H]1C(=O)O. The Morgan fingerprint density at radius 1 is 1.03 bits per heavy atom. The highest BCUT2D eigenvalue weighted by Gasteiger charge is 2.35. The highest BCUT2D eigenvalue weighted by Crippen LogP contribution is 2.44. The van der Waals surface area contributed by atoms with Gasteiger partial charge in [0, 0.05) is 19.6 Å². The van der Waals surface area contributed by atoms with Gasteiger partial charge < -0.3 is 25.2 Å². The van der Waals surface area contributed by atoms with Crippen LogP contribution in [-0.4, -0.2) is 55.5 Å². The zero-order valence-electron chi connectivity index (χ0n) is 20.0. The number of methoxy groups -OCH3 is 1. The second-order valence-corrected chi connectivity index (χ2v) is 9.27. The number of benzene rings is 2. The molecule has 4 atom stereocenters. The largest absolute Gasteiger partial charge is 0.481 e. The summed E-state index contributed by atoms with van der Waals surface area (Å²) in [5.41, 5.74) is 4.47. The lowest BCUT2D eigenvalue weighted by Crippen LogP contribution is -2.54. The average Bonchev–Trinajstić information content (AvgIpc) is 3.47. The molecule has 2 unspecified atom stereocenters. The standard InChI is InChI=1S/C27H32N2O6/c1-16(34-2)24(25(30)28-14-17-8-7-13-18(17)26(31)32)29-27(33)35-15-23-21-11-5-3-9-19(21)20-10-4-6-12-22(20)23/h3-6,9-12,16-18,23-24H,7-8,13-15H2,1-2H3,(H,28,30)(H,29,33)(H,31,32)/t16?,17-,18-,24?/m0/s1. The molecule has 1 fully saturated rings. The summed E-state index contributed by atoms with van der Waals surface area (Å²) in [4.78, 5) is 37.0. The van der Waals surface area contributed by atoms with Crippen molar-refractivity contribution in [1.82, 2.24) is 10.6 Å². The van der Waals surface area contributed by atoms with E-state index in [9.17, 15) is 19.5 Å².